The first-order chi connectivity index (χ1) is 12.2. The van der Waals surface area contributed by atoms with E-state index in [-0.39, 0.29) is 17.9 Å². The van der Waals surface area contributed by atoms with Crippen molar-refractivity contribution in [3.63, 3.8) is 0 Å². The van der Waals surface area contributed by atoms with Crippen LogP contribution in [-0.2, 0) is 19.9 Å². The van der Waals surface area contributed by atoms with Crippen LogP contribution in [0.5, 0.6) is 0 Å². The van der Waals surface area contributed by atoms with Crippen LogP contribution in [0.3, 0.4) is 0 Å². The Morgan fingerprint density at radius 2 is 1.36 bits per heavy atom. The van der Waals surface area contributed by atoms with E-state index in [1.807, 2.05) is 36.4 Å². The molecule has 0 radical (unpaired) electrons. The van der Waals surface area contributed by atoms with Crippen molar-refractivity contribution >= 4 is 11.8 Å². The van der Waals surface area contributed by atoms with Gasteiger partial charge in [-0.15, -0.1) is 0 Å². The molecule has 2 aromatic carbocycles. The predicted molar refractivity (Wildman–Crippen MR) is 93.6 cm³/mol. The third-order valence-electron chi connectivity index (χ3n) is 4.88. The molecule has 126 valence electrons. The van der Waals surface area contributed by atoms with Crippen molar-refractivity contribution in [1.29, 1.82) is 0 Å². The van der Waals surface area contributed by atoms with E-state index < -0.39 is 5.60 Å². The molecular weight excluding hydrogens is 314 g/mol. The molecular formula is C21H19NO3. The topological polar surface area (TPSA) is 49.9 Å². The predicted octanol–water partition coefficient (Wildman–Crippen LogP) is 3.03. The first-order valence-corrected chi connectivity index (χ1v) is 8.54. The molecule has 4 heteroatoms. The van der Waals surface area contributed by atoms with Crippen molar-refractivity contribution < 1.29 is 14.3 Å². The minimum Gasteiger partial charge on any atom is -0.356 e. The average molecular weight is 333 g/mol. The van der Waals surface area contributed by atoms with Crippen molar-refractivity contribution in [2.24, 2.45) is 0 Å². The number of hydrogen-bond acceptors (Lipinski definition) is 3. The highest BCUT2D eigenvalue weighted by Crippen LogP contribution is 2.53. The number of carbonyl (C=O) groups is 2. The second-order valence-corrected chi connectivity index (χ2v) is 6.38. The van der Waals surface area contributed by atoms with Gasteiger partial charge in [-0.2, -0.15) is 0 Å². The van der Waals surface area contributed by atoms with Crippen molar-refractivity contribution in [3.05, 3.63) is 83.9 Å². The first kappa shape index (κ1) is 15.8. The smallest absolute Gasteiger partial charge is 0.253 e. The van der Waals surface area contributed by atoms with Gasteiger partial charge < -0.3 is 4.74 Å². The molecule has 4 nitrogen and oxygen atoms in total. The minimum absolute atomic E-state index is 0.0538. The molecule has 0 aromatic heterocycles. The van der Waals surface area contributed by atoms with Gasteiger partial charge in [0.1, 0.15) is 5.60 Å². The number of ether oxygens (including phenoxy) is 1. The summed E-state index contributed by atoms with van der Waals surface area (Å²) in [5.41, 5.74) is 1.86. The number of benzene rings is 2. The second kappa shape index (κ2) is 6.30. The molecule has 25 heavy (non-hydrogen) atoms. The number of nitrogens with zero attached hydrogens (tertiary/aromatic N) is 1. The Kier molecular flexibility index (Phi) is 3.98. The highest BCUT2D eigenvalue weighted by molar-refractivity contribution is 6.12. The van der Waals surface area contributed by atoms with Gasteiger partial charge in [0.2, 0.25) is 0 Å². The van der Waals surface area contributed by atoms with Gasteiger partial charge in [0.15, 0.2) is 0 Å². The Bertz CT molecular complexity index is 756. The van der Waals surface area contributed by atoms with Gasteiger partial charge in [0, 0.05) is 18.7 Å². The van der Waals surface area contributed by atoms with Crippen LogP contribution in [0.1, 0.15) is 24.0 Å². The van der Waals surface area contributed by atoms with E-state index in [9.17, 15) is 9.59 Å². The Hall–Kier alpha value is -2.72. The summed E-state index contributed by atoms with van der Waals surface area (Å²) in [5, 5.41) is 0. The fourth-order valence-corrected chi connectivity index (χ4v) is 3.58. The summed E-state index contributed by atoms with van der Waals surface area (Å²) < 4.78 is 6.19. The van der Waals surface area contributed by atoms with Crippen molar-refractivity contribution in [2.45, 2.75) is 24.5 Å². The summed E-state index contributed by atoms with van der Waals surface area (Å²) >= 11 is 0. The monoisotopic (exact) mass is 333 g/mol. The van der Waals surface area contributed by atoms with Crippen LogP contribution in [0.25, 0.3) is 0 Å². The van der Waals surface area contributed by atoms with Crippen LogP contribution in [0.4, 0.5) is 0 Å². The number of carbonyl (C=O) groups excluding carboxylic acids is 2. The SMILES string of the molecule is O=C1C=CC(=O)N1CCCC1OC1(c1ccccc1)c1ccccc1. The zero-order valence-electron chi connectivity index (χ0n) is 13.8. The summed E-state index contributed by atoms with van der Waals surface area (Å²) in [6.07, 6.45) is 4.23. The van der Waals surface area contributed by atoms with Crippen LogP contribution in [0.2, 0.25) is 0 Å². The van der Waals surface area contributed by atoms with E-state index in [2.05, 4.69) is 24.3 Å². The van der Waals surface area contributed by atoms with Crippen molar-refractivity contribution in [1.82, 2.24) is 4.90 Å². The van der Waals surface area contributed by atoms with Crippen molar-refractivity contribution in [3.8, 4) is 0 Å². The van der Waals surface area contributed by atoms with E-state index in [4.69, 9.17) is 4.74 Å². The Morgan fingerprint density at radius 1 is 0.840 bits per heavy atom. The van der Waals surface area contributed by atoms with Crippen LogP contribution in [0.15, 0.2) is 72.8 Å². The number of epoxide rings is 1. The lowest BCUT2D eigenvalue weighted by Crippen LogP contribution is -2.31. The van der Waals surface area contributed by atoms with Gasteiger partial charge >= 0.3 is 0 Å². The van der Waals surface area contributed by atoms with Crippen LogP contribution >= 0.6 is 0 Å². The lowest BCUT2D eigenvalue weighted by Gasteiger charge is -2.15. The number of rotatable bonds is 6. The third kappa shape index (κ3) is 2.79. The number of amides is 2. The van der Waals surface area contributed by atoms with Gasteiger partial charge in [0.05, 0.1) is 6.10 Å². The molecule has 0 N–H and O–H groups in total. The van der Waals surface area contributed by atoms with Gasteiger partial charge in [-0.25, -0.2) is 0 Å². The summed E-state index contributed by atoms with van der Waals surface area (Å²) in [5.74, 6) is -0.446. The molecule has 2 aromatic rings. The second-order valence-electron chi connectivity index (χ2n) is 6.38. The maximum absolute atomic E-state index is 11.6. The maximum atomic E-state index is 11.6. The molecule has 0 spiro atoms. The Morgan fingerprint density at radius 3 is 1.88 bits per heavy atom. The molecule has 0 saturated carbocycles. The quantitative estimate of drug-likeness (QED) is 0.603. The van der Waals surface area contributed by atoms with Gasteiger partial charge in [-0.3, -0.25) is 14.5 Å². The molecule has 1 unspecified atom stereocenters. The summed E-state index contributed by atoms with van der Waals surface area (Å²) in [6.45, 7) is 0.435. The van der Waals surface area contributed by atoms with E-state index in [1.165, 1.54) is 17.1 Å². The Balaban J connectivity index is 1.48. The van der Waals surface area contributed by atoms with E-state index >= 15 is 0 Å². The number of imide groups is 1. The highest BCUT2D eigenvalue weighted by atomic mass is 16.6. The normalized spacial score (nSPS) is 21.0. The largest absolute Gasteiger partial charge is 0.356 e. The first-order valence-electron chi connectivity index (χ1n) is 8.54. The van der Waals surface area contributed by atoms with Crippen LogP contribution in [-0.4, -0.2) is 29.4 Å². The van der Waals surface area contributed by atoms with Gasteiger partial charge in [-0.1, -0.05) is 60.7 Å². The molecule has 1 atom stereocenters. The standard InChI is InChI=1S/C21H19NO3/c23-19-13-14-20(24)22(19)15-7-12-18-21(25-18,16-8-3-1-4-9-16)17-10-5-2-6-11-17/h1-6,8-11,13-14,18H,7,12,15H2. The maximum Gasteiger partial charge on any atom is 0.253 e. The summed E-state index contributed by atoms with van der Waals surface area (Å²) in [6, 6.07) is 20.4. The molecule has 2 heterocycles. The molecule has 2 aliphatic rings. The van der Waals surface area contributed by atoms with Crippen LogP contribution in [0, 0.1) is 0 Å². The highest BCUT2D eigenvalue weighted by Gasteiger charge is 2.58. The minimum atomic E-state index is -0.417. The average Bonchev–Trinajstić information content (AvgIpc) is 3.31. The number of hydrogen-bond donors (Lipinski definition) is 0. The summed E-state index contributed by atoms with van der Waals surface area (Å²) in [7, 11) is 0. The molecule has 0 aliphatic carbocycles. The van der Waals surface area contributed by atoms with Gasteiger partial charge in [0.25, 0.3) is 11.8 Å². The van der Waals surface area contributed by atoms with Crippen molar-refractivity contribution in [2.75, 3.05) is 6.54 Å². The molecule has 2 amide bonds. The molecule has 1 fully saturated rings. The third-order valence-corrected chi connectivity index (χ3v) is 4.88. The molecule has 0 bridgehead atoms. The fraction of sp³-hybridized carbons (Fsp3) is 0.238. The lowest BCUT2D eigenvalue weighted by molar-refractivity contribution is -0.136. The Labute approximate surface area is 146 Å². The van der Waals surface area contributed by atoms with E-state index in [1.54, 1.807) is 0 Å². The molecule has 2 aliphatic heterocycles. The molecule has 4 rings (SSSR count). The molecule has 1 saturated heterocycles. The van der Waals surface area contributed by atoms with E-state index in [0.29, 0.717) is 6.54 Å². The van der Waals surface area contributed by atoms with Gasteiger partial charge in [-0.05, 0) is 24.0 Å². The fourth-order valence-electron chi connectivity index (χ4n) is 3.58. The summed E-state index contributed by atoms with van der Waals surface area (Å²) in [4.78, 5) is 24.6. The zero-order valence-corrected chi connectivity index (χ0v) is 13.8. The van der Waals surface area contributed by atoms with E-state index in [0.717, 1.165) is 24.0 Å². The zero-order chi connectivity index (χ0) is 17.3. The van der Waals surface area contributed by atoms with Crippen LogP contribution < -0.4 is 0 Å². The lowest BCUT2D eigenvalue weighted by atomic mass is 9.86.